The number of aliphatic imine (C=N–C) groups is 1. The van der Waals surface area contributed by atoms with Crippen molar-refractivity contribution in [1.29, 1.82) is 5.41 Å². The first-order chi connectivity index (χ1) is 19.1. The molecule has 0 atom stereocenters. The van der Waals surface area contributed by atoms with Crippen LogP contribution in [0.15, 0.2) is 126 Å². The van der Waals surface area contributed by atoms with Gasteiger partial charge in [0, 0.05) is 46.9 Å². The van der Waals surface area contributed by atoms with Crippen LogP contribution < -0.4 is 0 Å². The third kappa shape index (κ3) is 3.62. The number of nitrogens with zero attached hydrogens (tertiary/aromatic N) is 4. The van der Waals surface area contributed by atoms with Gasteiger partial charge in [-0.3, -0.25) is 9.98 Å². The second kappa shape index (κ2) is 8.99. The maximum Gasteiger partial charge on any atom is 0.229 e. The maximum absolute atomic E-state index is 9.26. The number of hydrogen-bond acceptors (Lipinski definition) is 1. The molecule has 5 heteroatoms. The highest BCUT2D eigenvalue weighted by molar-refractivity contribution is 6.21. The molecule has 0 aliphatic rings. The normalized spacial score (nSPS) is 12.1. The molecule has 188 valence electrons. The van der Waals surface area contributed by atoms with E-state index in [1.165, 1.54) is 10.8 Å². The number of hydrogen-bond donors (Lipinski definition) is 1. The van der Waals surface area contributed by atoms with Gasteiger partial charge in [0.15, 0.2) is 0 Å². The van der Waals surface area contributed by atoms with Gasteiger partial charge in [0.1, 0.15) is 5.84 Å². The SMILES string of the molecule is CN(C)C(=NC(=N)n1c2ccccc2c2cc3c4ccccc4n(-c4ccccc4)c3cc21)c1ccccc1. The number of para-hydroxylation sites is 3. The molecule has 5 aromatic carbocycles. The van der Waals surface area contributed by atoms with Gasteiger partial charge >= 0.3 is 0 Å². The van der Waals surface area contributed by atoms with Crippen LogP contribution in [0.1, 0.15) is 5.56 Å². The molecular formula is C34H27N5. The first-order valence-electron chi connectivity index (χ1n) is 13.0. The van der Waals surface area contributed by atoms with Gasteiger partial charge in [-0.15, -0.1) is 0 Å². The summed E-state index contributed by atoms with van der Waals surface area (Å²) in [6.07, 6.45) is 0. The Hall–Kier alpha value is -5.16. The van der Waals surface area contributed by atoms with E-state index < -0.39 is 0 Å². The van der Waals surface area contributed by atoms with Crippen molar-refractivity contribution < 1.29 is 0 Å². The average molecular weight is 506 g/mol. The van der Waals surface area contributed by atoms with Gasteiger partial charge in [-0.25, -0.2) is 0 Å². The first kappa shape index (κ1) is 23.0. The molecule has 0 amide bonds. The predicted molar refractivity (Wildman–Crippen MR) is 164 cm³/mol. The topological polar surface area (TPSA) is 49.3 Å². The Bertz CT molecular complexity index is 2040. The quantitative estimate of drug-likeness (QED) is 0.190. The van der Waals surface area contributed by atoms with Crippen LogP contribution in [0, 0.1) is 5.41 Å². The van der Waals surface area contributed by atoms with Crippen molar-refractivity contribution >= 4 is 55.4 Å². The summed E-state index contributed by atoms with van der Waals surface area (Å²) in [5.41, 5.74) is 6.28. The van der Waals surface area contributed by atoms with Crippen LogP contribution in [0.3, 0.4) is 0 Å². The van der Waals surface area contributed by atoms with E-state index in [1.807, 2.05) is 66.0 Å². The minimum absolute atomic E-state index is 0.176. The molecule has 0 aliphatic carbocycles. The summed E-state index contributed by atoms with van der Waals surface area (Å²) in [5.74, 6) is 0.918. The minimum atomic E-state index is 0.176. The highest BCUT2D eigenvalue weighted by atomic mass is 15.2. The van der Waals surface area contributed by atoms with E-state index in [1.54, 1.807) is 0 Å². The largest absolute Gasteiger partial charge is 0.362 e. The third-order valence-corrected chi connectivity index (χ3v) is 7.36. The zero-order valence-electron chi connectivity index (χ0n) is 21.8. The molecule has 0 saturated heterocycles. The Labute approximate surface area is 226 Å². The molecular weight excluding hydrogens is 478 g/mol. The summed E-state index contributed by atoms with van der Waals surface area (Å²) < 4.78 is 4.29. The summed E-state index contributed by atoms with van der Waals surface area (Å²) in [5, 5.41) is 13.9. The molecule has 7 aromatic rings. The molecule has 39 heavy (non-hydrogen) atoms. The van der Waals surface area contributed by atoms with Gasteiger partial charge in [-0.1, -0.05) is 84.9 Å². The van der Waals surface area contributed by atoms with E-state index in [9.17, 15) is 5.41 Å². The molecule has 0 unspecified atom stereocenters. The van der Waals surface area contributed by atoms with Crippen LogP contribution in [-0.4, -0.2) is 39.9 Å². The number of nitrogens with one attached hydrogen (secondary N) is 1. The first-order valence-corrected chi connectivity index (χ1v) is 13.0. The number of fused-ring (bicyclic) bond motifs is 6. The van der Waals surface area contributed by atoms with Crippen LogP contribution in [0.25, 0.3) is 49.3 Å². The van der Waals surface area contributed by atoms with Crippen LogP contribution in [0.5, 0.6) is 0 Å². The molecule has 0 radical (unpaired) electrons. The summed E-state index contributed by atoms with van der Waals surface area (Å²) in [4.78, 5) is 6.84. The van der Waals surface area contributed by atoms with Gasteiger partial charge in [-0.2, -0.15) is 4.99 Å². The van der Waals surface area contributed by atoms with Crippen molar-refractivity contribution in [3.63, 3.8) is 0 Å². The van der Waals surface area contributed by atoms with Crippen molar-refractivity contribution in [2.24, 2.45) is 4.99 Å². The lowest BCUT2D eigenvalue weighted by molar-refractivity contribution is 0.624. The molecule has 0 saturated carbocycles. The van der Waals surface area contributed by atoms with E-state index in [0.717, 1.165) is 49.9 Å². The molecule has 5 nitrogen and oxygen atoms in total. The number of benzene rings is 5. The summed E-state index contributed by atoms with van der Waals surface area (Å²) in [6, 6.07) is 41.9. The Morgan fingerprint density at radius 3 is 1.85 bits per heavy atom. The summed E-state index contributed by atoms with van der Waals surface area (Å²) in [7, 11) is 3.93. The van der Waals surface area contributed by atoms with E-state index in [2.05, 4.69) is 83.4 Å². The molecule has 0 bridgehead atoms. The summed E-state index contributed by atoms with van der Waals surface area (Å²) in [6.45, 7) is 0. The van der Waals surface area contributed by atoms with Crippen molar-refractivity contribution in [3.05, 3.63) is 127 Å². The molecule has 0 spiro atoms. The van der Waals surface area contributed by atoms with E-state index in [4.69, 9.17) is 4.99 Å². The van der Waals surface area contributed by atoms with Crippen molar-refractivity contribution in [1.82, 2.24) is 14.0 Å². The Morgan fingerprint density at radius 1 is 0.590 bits per heavy atom. The monoisotopic (exact) mass is 505 g/mol. The molecule has 1 N–H and O–H groups in total. The van der Waals surface area contributed by atoms with Gasteiger partial charge in [0.2, 0.25) is 5.96 Å². The smallest absolute Gasteiger partial charge is 0.229 e. The number of rotatable bonds is 2. The van der Waals surface area contributed by atoms with Crippen molar-refractivity contribution in [3.8, 4) is 5.69 Å². The maximum atomic E-state index is 9.26. The van der Waals surface area contributed by atoms with E-state index in [-0.39, 0.29) is 5.96 Å². The third-order valence-electron chi connectivity index (χ3n) is 7.36. The lowest BCUT2D eigenvalue weighted by Gasteiger charge is -2.17. The lowest BCUT2D eigenvalue weighted by Crippen LogP contribution is -2.25. The second-order valence-electron chi connectivity index (χ2n) is 9.95. The van der Waals surface area contributed by atoms with Crippen LogP contribution in [-0.2, 0) is 0 Å². The standard InChI is InChI=1S/C34H27N5/c1-37(2)33(23-13-5-3-6-14-23)36-34(35)39-30-20-12-10-18-26(30)28-21-27-25-17-9-11-19-29(25)38(31(27)22-32(28)39)24-15-7-4-8-16-24/h3-22,35H,1-2H3. The van der Waals surface area contributed by atoms with Gasteiger partial charge < -0.3 is 9.47 Å². The van der Waals surface area contributed by atoms with Gasteiger partial charge in [0.05, 0.1) is 22.1 Å². The fourth-order valence-corrected chi connectivity index (χ4v) is 5.67. The van der Waals surface area contributed by atoms with Crippen LogP contribution >= 0.6 is 0 Å². The van der Waals surface area contributed by atoms with Crippen LogP contribution in [0.4, 0.5) is 0 Å². The predicted octanol–water partition coefficient (Wildman–Crippen LogP) is 7.68. The Morgan fingerprint density at radius 2 is 1.15 bits per heavy atom. The van der Waals surface area contributed by atoms with Gasteiger partial charge in [0.25, 0.3) is 0 Å². The fourth-order valence-electron chi connectivity index (χ4n) is 5.67. The molecule has 7 rings (SSSR count). The number of amidine groups is 1. The summed E-state index contributed by atoms with van der Waals surface area (Å²) >= 11 is 0. The van der Waals surface area contributed by atoms with E-state index in [0.29, 0.717) is 0 Å². The molecule has 2 heterocycles. The molecule has 0 aliphatic heterocycles. The molecule has 0 fully saturated rings. The lowest BCUT2D eigenvalue weighted by atomic mass is 10.1. The zero-order chi connectivity index (χ0) is 26.5. The van der Waals surface area contributed by atoms with Crippen molar-refractivity contribution in [2.75, 3.05) is 14.1 Å². The highest BCUT2D eigenvalue weighted by Gasteiger charge is 2.19. The highest BCUT2D eigenvalue weighted by Crippen LogP contribution is 2.38. The van der Waals surface area contributed by atoms with Crippen molar-refractivity contribution in [2.45, 2.75) is 0 Å². The van der Waals surface area contributed by atoms with Gasteiger partial charge in [-0.05, 0) is 36.4 Å². The average Bonchev–Trinajstić information content (AvgIpc) is 3.47. The van der Waals surface area contributed by atoms with Crippen LogP contribution in [0.2, 0.25) is 0 Å². The zero-order valence-corrected chi connectivity index (χ0v) is 21.8. The minimum Gasteiger partial charge on any atom is -0.362 e. The fraction of sp³-hybridized carbons (Fsp3) is 0.0588. The number of aromatic nitrogens is 2. The Balaban J connectivity index is 1.56. The molecule has 2 aromatic heterocycles. The second-order valence-corrected chi connectivity index (χ2v) is 9.95. The Kier molecular flexibility index (Phi) is 5.30. The van der Waals surface area contributed by atoms with E-state index >= 15 is 0 Å².